The van der Waals surface area contributed by atoms with Crippen molar-refractivity contribution in [2.75, 3.05) is 0 Å². The van der Waals surface area contributed by atoms with Crippen LogP contribution in [0.25, 0.3) is 21.3 Å². The Morgan fingerprint density at radius 2 is 1.89 bits per heavy atom. The first-order chi connectivity index (χ1) is 12.6. The molecule has 0 aliphatic heterocycles. The Labute approximate surface area is 165 Å². The summed E-state index contributed by atoms with van der Waals surface area (Å²) in [5, 5.41) is 1.08. The highest BCUT2D eigenvalue weighted by Gasteiger charge is 2.27. The van der Waals surface area contributed by atoms with Crippen LogP contribution in [0.15, 0.2) is 24.3 Å². The fourth-order valence-corrected chi connectivity index (χ4v) is 4.73. The largest absolute Gasteiger partial charge is 0.456 e. The summed E-state index contributed by atoms with van der Waals surface area (Å²) in [6.45, 7) is 14.1. The number of ether oxygens (including phenoxy) is 1. The van der Waals surface area contributed by atoms with E-state index in [-0.39, 0.29) is 5.97 Å². The van der Waals surface area contributed by atoms with E-state index in [2.05, 4.69) is 39.0 Å². The second kappa shape index (κ2) is 7.08. The Morgan fingerprint density at radius 3 is 2.48 bits per heavy atom. The van der Waals surface area contributed by atoms with Gasteiger partial charge in [-0.25, -0.2) is 9.78 Å². The van der Waals surface area contributed by atoms with E-state index in [4.69, 9.17) is 9.72 Å². The third-order valence-corrected chi connectivity index (χ3v) is 5.73. The Bertz CT molecular complexity index is 1030. The number of carbonyl (C=O) groups excluding carboxylic acids is 1. The highest BCUT2D eigenvalue weighted by Crippen LogP contribution is 2.42. The third-order valence-electron chi connectivity index (χ3n) is 4.67. The maximum absolute atomic E-state index is 13.0. The van der Waals surface area contributed by atoms with Gasteiger partial charge in [-0.15, -0.1) is 11.3 Å². The predicted molar refractivity (Wildman–Crippen MR) is 114 cm³/mol. The predicted octanol–water partition coefficient (Wildman–Crippen LogP) is 6.41. The Kier molecular flexibility index (Phi) is 5.13. The third kappa shape index (κ3) is 3.77. The van der Waals surface area contributed by atoms with E-state index in [0.717, 1.165) is 39.0 Å². The number of pyridine rings is 1. The molecule has 0 radical (unpaired) electrons. The van der Waals surface area contributed by atoms with Crippen LogP contribution in [-0.2, 0) is 11.2 Å². The minimum atomic E-state index is -0.538. The van der Waals surface area contributed by atoms with Gasteiger partial charge in [-0.1, -0.05) is 36.8 Å². The van der Waals surface area contributed by atoms with Gasteiger partial charge in [0.05, 0.1) is 0 Å². The standard InChI is InChI=1S/C23H27NO2S/c1-8-17-14(3)18-19(16-11-9-10-13(2)12-16)20(22(25)26-23(5,6)7)27-21(18)24-15(17)4/h9-12H,8H2,1-7H3. The van der Waals surface area contributed by atoms with Gasteiger partial charge < -0.3 is 4.74 Å². The molecule has 0 amide bonds. The Hall–Kier alpha value is -2.20. The monoisotopic (exact) mass is 381 g/mol. The number of hydrogen-bond acceptors (Lipinski definition) is 4. The zero-order valence-corrected chi connectivity index (χ0v) is 18.0. The lowest BCUT2D eigenvalue weighted by atomic mass is 9.95. The molecule has 3 aromatic rings. The van der Waals surface area contributed by atoms with Crippen LogP contribution in [-0.4, -0.2) is 16.6 Å². The number of benzene rings is 1. The van der Waals surface area contributed by atoms with Gasteiger partial charge in [0.25, 0.3) is 0 Å². The van der Waals surface area contributed by atoms with Crippen molar-refractivity contribution in [3.05, 3.63) is 51.5 Å². The molecule has 1 aromatic carbocycles. The molecule has 0 saturated heterocycles. The van der Waals surface area contributed by atoms with Gasteiger partial charge in [0.2, 0.25) is 0 Å². The van der Waals surface area contributed by atoms with Gasteiger partial charge in [-0.05, 0) is 64.7 Å². The number of rotatable bonds is 3. The minimum absolute atomic E-state index is 0.280. The number of aromatic nitrogens is 1. The van der Waals surface area contributed by atoms with Gasteiger partial charge >= 0.3 is 5.97 Å². The summed E-state index contributed by atoms with van der Waals surface area (Å²) in [6.07, 6.45) is 0.922. The topological polar surface area (TPSA) is 39.2 Å². The maximum Gasteiger partial charge on any atom is 0.349 e. The quantitative estimate of drug-likeness (QED) is 0.492. The van der Waals surface area contributed by atoms with Gasteiger partial charge in [-0.3, -0.25) is 0 Å². The van der Waals surface area contributed by atoms with Crippen molar-refractivity contribution < 1.29 is 9.53 Å². The summed E-state index contributed by atoms with van der Waals surface area (Å²) >= 11 is 1.44. The number of nitrogens with zero attached hydrogens (tertiary/aromatic N) is 1. The number of aryl methyl sites for hydroxylation is 3. The molecular weight excluding hydrogens is 354 g/mol. The van der Waals surface area contributed by atoms with Crippen LogP contribution >= 0.6 is 11.3 Å². The molecule has 4 heteroatoms. The van der Waals surface area contributed by atoms with Crippen molar-refractivity contribution in [2.45, 2.75) is 60.5 Å². The first kappa shape index (κ1) is 19.6. The number of carbonyl (C=O) groups is 1. The van der Waals surface area contributed by atoms with Crippen molar-refractivity contribution in [2.24, 2.45) is 0 Å². The summed E-state index contributed by atoms with van der Waals surface area (Å²) in [7, 11) is 0. The molecule has 3 rings (SSSR count). The van der Waals surface area contributed by atoms with Gasteiger partial charge in [0, 0.05) is 16.6 Å². The van der Waals surface area contributed by atoms with Crippen molar-refractivity contribution in [1.29, 1.82) is 0 Å². The summed E-state index contributed by atoms with van der Waals surface area (Å²) in [5.74, 6) is -0.280. The second-order valence-corrected chi connectivity index (χ2v) is 9.01. The molecule has 0 aliphatic carbocycles. The fourth-order valence-electron chi connectivity index (χ4n) is 3.55. The SMILES string of the molecule is CCc1c(C)nc2sc(C(=O)OC(C)(C)C)c(-c3cccc(C)c3)c2c1C. The molecule has 0 spiro atoms. The molecule has 0 atom stereocenters. The molecule has 0 fully saturated rings. The minimum Gasteiger partial charge on any atom is -0.456 e. The van der Waals surface area contributed by atoms with Crippen LogP contribution in [0, 0.1) is 20.8 Å². The molecule has 3 nitrogen and oxygen atoms in total. The average molecular weight is 382 g/mol. The summed E-state index contributed by atoms with van der Waals surface area (Å²) in [6, 6.07) is 8.29. The van der Waals surface area contributed by atoms with Crippen LogP contribution in [0.2, 0.25) is 0 Å². The molecule has 0 aliphatic rings. The van der Waals surface area contributed by atoms with Crippen LogP contribution in [0.4, 0.5) is 0 Å². The highest BCUT2D eigenvalue weighted by atomic mass is 32.1. The molecule has 2 aromatic heterocycles. The maximum atomic E-state index is 13.0. The lowest BCUT2D eigenvalue weighted by Crippen LogP contribution is -2.23. The average Bonchev–Trinajstić information content (AvgIpc) is 2.93. The molecular formula is C23H27NO2S. The number of esters is 1. The van der Waals surface area contributed by atoms with E-state index in [1.54, 1.807) is 0 Å². The van der Waals surface area contributed by atoms with Crippen LogP contribution in [0.5, 0.6) is 0 Å². The second-order valence-electron chi connectivity index (χ2n) is 8.01. The first-order valence-electron chi connectivity index (χ1n) is 9.35. The van der Waals surface area contributed by atoms with Crippen molar-refractivity contribution in [3.8, 4) is 11.1 Å². The molecule has 0 N–H and O–H groups in total. The lowest BCUT2D eigenvalue weighted by Gasteiger charge is -2.19. The molecule has 0 bridgehead atoms. The Balaban J connectivity index is 2.36. The van der Waals surface area contributed by atoms with E-state index >= 15 is 0 Å². The van der Waals surface area contributed by atoms with Gasteiger partial charge in [-0.2, -0.15) is 0 Å². The van der Waals surface area contributed by atoms with E-state index in [1.807, 2.05) is 33.8 Å². The molecule has 27 heavy (non-hydrogen) atoms. The highest BCUT2D eigenvalue weighted by molar-refractivity contribution is 7.21. The first-order valence-corrected chi connectivity index (χ1v) is 10.2. The van der Waals surface area contributed by atoms with Crippen LogP contribution in [0.3, 0.4) is 0 Å². The molecule has 0 saturated carbocycles. The van der Waals surface area contributed by atoms with E-state index in [0.29, 0.717) is 4.88 Å². The smallest absolute Gasteiger partial charge is 0.349 e. The number of thiophene rings is 1. The van der Waals surface area contributed by atoms with Crippen LogP contribution in [0.1, 0.15) is 59.8 Å². The fraction of sp³-hybridized carbons (Fsp3) is 0.391. The van der Waals surface area contributed by atoms with Gasteiger partial charge in [0.1, 0.15) is 15.3 Å². The van der Waals surface area contributed by atoms with E-state index < -0.39 is 5.60 Å². The van der Waals surface area contributed by atoms with E-state index in [1.165, 1.54) is 22.5 Å². The lowest BCUT2D eigenvalue weighted by molar-refractivity contribution is 0.00761. The molecule has 0 unspecified atom stereocenters. The Morgan fingerprint density at radius 1 is 1.19 bits per heavy atom. The molecule has 2 heterocycles. The van der Waals surface area contributed by atoms with Crippen molar-refractivity contribution in [3.63, 3.8) is 0 Å². The number of fused-ring (bicyclic) bond motifs is 1. The summed E-state index contributed by atoms with van der Waals surface area (Å²) < 4.78 is 5.72. The normalized spacial score (nSPS) is 11.8. The van der Waals surface area contributed by atoms with E-state index in [9.17, 15) is 4.79 Å². The zero-order chi connectivity index (χ0) is 19.9. The van der Waals surface area contributed by atoms with Crippen molar-refractivity contribution in [1.82, 2.24) is 4.98 Å². The summed E-state index contributed by atoms with van der Waals surface area (Å²) in [4.78, 5) is 19.4. The van der Waals surface area contributed by atoms with Gasteiger partial charge in [0.15, 0.2) is 0 Å². The van der Waals surface area contributed by atoms with Crippen molar-refractivity contribution >= 4 is 27.5 Å². The van der Waals surface area contributed by atoms with Crippen LogP contribution < -0.4 is 0 Å². The number of hydrogen-bond donors (Lipinski definition) is 0. The zero-order valence-electron chi connectivity index (χ0n) is 17.2. The molecule has 142 valence electrons. The summed E-state index contributed by atoms with van der Waals surface area (Å²) in [5.41, 5.74) is 6.12.